The summed E-state index contributed by atoms with van der Waals surface area (Å²) < 4.78 is 9.74. The Balaban J connectivity index is 1.62. The van der Waals surface area contributed by atoms with E-state index in [1.165, 1.54) is 0 Å². The van der Waals surface area contributed by atoms with Crippen molar-refractivity contribution in [2.45, 2.75) is 19.8 Å². The largest absolute Gasteiger partial charge is 0.494 e. The predicted octanol–water partition coefficient (Wildman–Crippen LogP) is 6.67. The maximum atomic E-state index is 10.1. The molecule has 0 fully saturated rings. The molecular weight excluding hydrogens is 446 g/mol. The second kappa shape index (κ2) is 10.3. The van der Waals surface area contributed by atoms with E-state index < -0.39 is 0 Å². The van der Waals surface area contributed by atoms with E-state index in [1.54, 1.807) is 0 Å². The van der Waals surface area contributed by atoms with Crippen molar-refractivity contribution in [1.29, 1.82) is 5.26 Å². The van der Waals surface area contributed by atoms with Crippen molar-refractivity contribution in [2.75, 3.05) is 6.61 Å². The predicted molar refractivity (Wildman–Crippen MR) is 144 cm³/mol. The first-order valence-corrected chi connectivity index (χ1v) is 12.1. The summed E-state index contributed by atoms with van der Waals surface area (Å²) in [4.78, 5) is 4.73. The van der Waals surface area contributed by atoms with Crippen LogP contribution < -0.4 is 4.74 Å². The summed E-state index contributed by atoms with van der Waals surface area (Å²) in [6.45, 7) is 2.82. The van der Waals surface area contributed by atoms with Crippen molar-refractivity contribution >= 4 is 22.7 Å². The third-order valence-electron chi connectivity index (χ3n) is 6.09. The molecule has 3 aromatic carbocycles. The van der Waals surface area contributed by atoms with Gasteiger partial charge in [0, 0.05) is 24.4 Å². The molecule has 0 N–H and O–H groups in total. The smallest absolute Gasteiger partial charge is 0.151 e. The Morgan fingerprint density at radius 2 is 1.83 bits per heavy atom. The van der Waals surface area contributed by atoms with Gasteiger partial charge in [0.1, 0.15) is 17.5 Å². The van der Waals surface area contributed by atoms with Crippen molar-refractivity contribution in [3.8, 4) is 28.8 Å². The van der Waals surface area contributed by atoms with Crippen LogP contribution in [0, 0.1) is 11.3 Å². The second-order valence-corrected chi connectivity index (χ2v) is 8.60. The summed E-state index contributed by atoms with van der Waals surface area (Å²) >= 11 is 0. The minimum absolute atomic E-state index is 0.470. The first-order chi connectivity index (χ1) is 17.7. The molecule has 0 amide bonds. The molecule has 5 rings (SSSR count). The quantitative estimate of drug-likeness (QED) is 0.186. The molecule has 6 nitrogen and oxygen atoms in total. The molecule has 0 aliphatic heterocycles. The van der Waals surface area contributed by atoms with E-state index in [1.807, 2.05) is 107 Å². The van der Waals surface area contributed by atoms with E-state index in [2.05, 4.69) is 13.0 Å². The summed E-state index contributed by atoms with van der Waals surface area (Å²) in [7, 11) is 1.93. The molecule has 0 bridgehead atoms. The summed E-state index contributed by atoms with van der Waals surface area (Å²) in [5, 5.41) is 15.0. The zero-order valence-corrected chi connectivity index (χ0v) is 20.4. The van der Waals surface area contributed by atoms with Gasteiger partial charge in [-0.3, -0.25) is 0 Å². The maximum Gasteiger partial charge on any atom is 0.151 e. The molecule has 2 aromatic heterocycles. The van der Waals surface area contributed by atoms with Crippen molar-refractivity contribution < 1.29 is 4.74 Å². The zero-order chi connectivity index (χ0) is 24.9. The highest BCUT2D eigenvalue weighted by Gasteiger charge is 2.16. The summed E-state index contributed by atoms with van der Waals surface area (Å²) in [5.74, 6) is 1.43. The first kappa shape index (κ1) is 23.1. The number of unbranched alkanes of at least 4 members (excludes halogenated alkanes) is 1. The number of hydrogen-bond donors (Lipinski definition) is 0. The average molecular weight is 474 g/mol. The number of nitrogens with zero attached hydrogens (tertiary/aromatic N) is 5. The first-order valence-electron chi connectivity index (χ1n) is 12.1. The fourth-order valence-corrected chi connectivity index (χ4v) is 4.19. The number of aryl methyl sites for hydroxylation is 1. The van der Waals surface area contributed by atoms with Crippen LogP contribution in [-0.2, 0) is 7.05 Å². The van der Waals surface area contributed by atoms with Gasteiger partial charge in [-0.1, -0.05) is 55.8 Å². The third kappa shape index (κ3) is 4.64. The van der Waals surface area contributed by atoms with E-state index in [0.29, 0.717) is 18.0 Å². The fraction of sp³-hybridized carbons (Fsp3) is 0.167. The van der Waals surface area contributed by atoms with Gasteiger partial charge in [0.25, 0.3) is 0 Å². The number of aromatic nitrogens is 4. The lowest BCUT2D eigenvalue weighted by Crippen LogP contribution is -1.97. The highest BCUT2D eigenvalue weighted by molar-refractivity contribution is 5.93. The standard InChI is InChI=1S/C30H27N5O/c1-3-4-17-36-26-14-10-11-22(19-26)29-24(21-35(33-29)25-12-6-5-7-13-25)18-23(20-31)30-32-27-15-8-9-16-28(27)34(30)2/h5-16,18-19,21H,3-4,17H2,1-2H3/b23-18-. The number of imidazole rings is 1. The van der Waals surface area contributed by atoms with Gasteiger partial charge in [0.15, 0.2) is 5.82 Å². The van der Waals surface area contributed by atoms with E-state index in [0.717, 1.165) is 52.1 Å². The monoisotopic (exact) mass is 473 g/mol. The van der Waals surface area contributed by atoms with Gasteiger partial charge in [-0.2, -0.15) is 10.4 Å². The normalized spacial score (nSPS) is 11.5. The molecule has 0 aliphatic carbocycles. The van der Waals surface area contributed by atoms with Crippen molar-refractivity contribution in [3.63, 3.8) is 0 Å². The molecule has 0 saturated heterocycles. The fourth-order valence-electron chi connectivity index (χ4n) is 4.19. The number of hydrogen-bond acceptors (Lipinski definition) is 4. The Hall–Kier alpha value is -4.63. The van der Waals surface area contributed by atoms with Crippen LogP contribution in [0.2, 0.25) is 0 Å². The number of nitriles is 1. The number of para-hydroxylation sites is 3. The lowest BCUT2D eigenvalue weighted by molar-refractivity contribution is 0.309. The summed E-state index contributed by atoms with van der Waals surface area (Å²) in [5.41, 5.74) is 5.76. The molecule has 5 aromatic rings. The van der Waals surface area contributed by atoms with Crippen molar-refractivity contribution in [2.24, 2.45) is 7.05 Å². The second-order valence-electron chi connectivity index (χ2n) is 8.60. The van der Waals surface area contributed by atoms with Crippen LogP contribution in [-0.4, -0.2) is 25.9 Å². The van der Waals surface area contributed by atoms with Crippen molar-refractivity contribution in [1.82, 2.24) is 19.3 Å². The summed E-state index contributed by atoms with van der Waals surface area (Å²) in [6.07, 6.45) is 5.91. The van der Waals surface area contributed by atoms with Gasteiger partial charge in [-0.05, 0) is 48.9 Å². The van der Waals surface area contributed by atoms with Crippen molar-refractivity contribution in [3.05, 3.63) is 96.4 Å². The zero-order valence-electron chi connectivity index (χ0n) is 20.4. The average Bonchev–Trinajstić information content (AvgIpc) is 3.49. The molecule has 0 spiro atoms. The lowest BCUT2D eigenvalue weighted by Gasteiger charge is -2.07. The van der Waals surface area contributed by atoms with Crippen LogP contribution in [0.15, 0.2) is 85.1 Å². The van der Waals surface area contributed by atoms with Crippen LogP contribution in [0.1, 0.15) is 31.2 Å². The molecule has 0 aliphatic rings. The lowest BCUT2D eigenvalue weighted by atomic mass is 10.1. The molecule has 178 valence electrons. The minimum Gasteiger partial charge on any atom is -0.494 e. The molecule has 0 radical (unpaired) electrons. The molecule has 36 heavy (non-hydrogen) atoms. The van der Waals surface area contributed by atoms with E-state index in [-0.39, 0.29) is 0 Å². The van der Waals surface area contributed by atoms with E-state index >= 15 is 0 Å². The number of ether oxygens (including phenoxy) is 1. The molecular formula is C30H27N5O. The number of allylic oxidation sites excluding steroid dienone is 1. The SMILES string of the molecule is CCCCOc1cccc(-c2nn(-c3ccccc3)cc2/C=C(/C#N)c2nc3ccccc3n2C)c1. The molecule has 2 heterocycles. The molecule has 0 saturated carbocycles. The van der Waals surface area contributed by atoms with Gasteiger partial charge >= 0.3 is 0 Å². The molecule has 0 unspecified atom stereocenters. The third-order valence-corrected chi connectivity index (χ3v) is 6.09. The van der Waals surface area contributed by atoms with E-state index in [9.17, 15) is 5.26 Å². The Morgan fingerprint density at radius 1 is 1.03 bits per heavy atom. The van der Waals surface area contributed by atoms with Gasteiger partial charge in [-0.15, -0.1) is 0 Å². The number of rotatable bonds is 8. The Morgan fingerprint density at radius 3 is 2.61 bits per heavy atom. The molecule has 6 heteroatoms. The Bertz CT molecular complexity index is 1570. The van der Waals surface area contributed by atoms with Crippen LogP contribution in [0.3, 0.4) is 0 Å². The van der Waals surface area contributed by atoms with Gasteiger partial charge in [0.2, 0.25) is 0 Å². The van der Waals surface area contributed by atoms with Crippen LogP contribution in [0.5, 0.6) is 5.75 Å². The Labute approximate surface area is 210 Å². The van der Waals surface area contributed by atoms with Gasteiger partial charge in [0.05, 0.1) is 28.9 Å². The van der Waals surface area contributed by atoms with Gasteiger partial charge in [-0.25, -0.2) is 9.67 Å². The highest BCUT2D eigenvalue weighted by atomic mass is 16.5. The van der Waals surface area contributed by atoms with Crippen LogP contribution in [0.4, 0.5) is 0 Å². The minimum atomic E-state index is 0.470. The van der Waals surface area contributed by atoms with Gasteiger partial charge < -0.3 is 9.30 Å². The topological polar surface area (TPSA) is 68.7 Å². The maximum absolute atomic E-state index is 10.1. The number of benzene rings is 3. The number of fused-ring (bicyclic) bond motifs is 1. The van der Waals surface area contributed by atoms with Crippen LogP contribution >= 0.6 is 0 Å². The Kier molecular flexibility index (Phi) is 6.63. The highest BCUT2D eigenvalue weighted by Crippen LogP contribution is 2.30. The summed E-state index contributed by atoms with van der Waals surface area (Å²) in [6, 6.07) is 28.1. The van der Waals surface area contributed by atoms with E-state index in [4.69, 9.17) is 14.8 Å². The molecule has 0 atom stereocenters. The van der Waals surface area contributed by atoms with Crippen LogP contribution in [0.25, 0.3) is 39.6 Å².